The molecule has 1 amide bonds. The van der Waals surface area contributed by atoms with Gasteiger partial charge in [0.15, 0.2) is 5.82 Å². The van der Waals surface area contributed by atoms with Crippen LogP contribution in [0.3, 0.4) is 0 Å². The molecule has 0 atom stereocenters. The zero-order valence-electron chi connectivity index (χ0n) is 9.22. The Kier molecular flexibility index (Phi) is 3.42. The van der Waals surface area contributed by atoms with Crippen molar-refractivity contribution in [1.82, 2.24) is 10.2 Å². The summed E-state index contributed by atoms with van der Waals surface area (Å²) in [7, 11) is 0. The summed E-state index contributed by atoms with van der Waals surface area (Å²) in [5, 5.41) is 8.65. The predicted octanol–water partition coefficient (Wildman–Crippen LogP) is 3.01. The molecule has 1 heterocycles. The molecule has 4 nitrogen and oxygen atoms in total. The highest BCUT2D eigenvalue weighted by Crippen LogP contribution is 2.27. The Labute approximate surface area is 110 Å². The van der Waals surface area contributed by atoms with Gasteiger partial charge >= 0.3 is 0 Å². The minimum absolute atomic E-state index is 0.109. The summed E-state index contributed by atoms with van der Waals surface area (Å²) in [4.78, 5) is 11.8. The first-order chi connectivity index (χ1) is 8.49. The van der Waals surface area contributed by atoms with Crippen molar-refractivity contribution < 1.29 is 13.6 Å². The Morgan fingerprint density at radius 1 is 1.44 bits per heavy atom. The zero-order valence-corrected chi connectivity index (χ0v) is 10.8. The van der Waals surface area contributed by atoms with E-state index in [2.05, 4.69) is 31.4 Å². The Bertz CT molecular complexity index is 589. The molecule has 0 radical (unpaired) electrons. The summed E-state index contributed by atoms with van der Waals surface area (Å²) < 4.78 is 26.5. The maximum absolute atomic E-state index is 13.5. The molecule has 0 saturated carbocycles. The number of anilines is 1. The Morgan fingerprint density at radius 2 is 2.17 bits per heavy atom. The van der Waals surface area contributed by atoms with Crippen LogP contribution in [-0.2, 0) is 0 Å². The Hall–Kier alpha value is -1.76. The SMILES string of the molecule is Cc1[nH]ncc1C(=O)Nc1c(F)cc(F)cc1Br. The van der Waals surface area contributed by atoms with Crippen molar-refractivity contribution in [1.29, 1.82) is 0 Å². The van der Waals surface area contributed by atoms with E-state index in [1.54, 1.807) is 6.92 Å². The second-order valence-electron chi connectivity index (χ2n) is 3.61. The molecule has 0 aliphatic heterocycles. The first-order valence-corrected chi connectivity index (χ1v) is 5.74. The van der Waals surface area contributed by atoms with Crippen molar-refractivity contribution in [2.75, 3.05) is 5.32 Å². The van der Waals surface area contributed by atoms with Gasteiger partial charge in [0.05, 0.1) is 17.4 Å². The van der Waals surface area contributed by atoms with Crippen LogP contribution < -0.4 is 5.32 Å². The topological polar surface area (TPSA) is 57.8 Å². The summed E-state index contributed by atoms with van der Waals surface area (Å²) in [6.45, 7) is 1.66. The van der Waals surface area contributed by atoms with Gasteiger partial charge in [-0.15, -0.1) is 0 Å². The molecule has 2 aromatic rings. The number of aromatic amines is 1. The Balaban J connectivity index is 2.31. The summed E-state index contributed by atoms with van der Waals surface area (Å²) in [6.07, 6.45) is 1.33. The number of carbonyl (C=O) groups excluding carboxylic acids is 1. The first-order valence-electron chi connectivity index (χ1n) is 4.95. The third-order valence-electron chi connectivity index (χ3n) is 2.32. The summed E-state index contributed by atoms with van der Waals surface area (Å²) in [5.41, 5.74) is 0.749. The molecule has 1 aromatic carbocycles. The van der Waals surface area contributed by atoms with Gasteiger partial charge in [0.2, 0.25) is 0 Å². The average molecular weight is 316 g/mol. The van der Waals surface area contributed by atoms with Gasteiger partial charge in [-0.25, -0.2) is 8.78 Å². The van der Waals surface area contributed by atoms with Crippen LogP contribution in [0.15, 0.2) is 22.8 Å². The van der Waals surface area contributed by atoms with Crippen LogP contribution in [0.2, 0.25) is 0 Å². The van der Waals surface area contributed by atoms with Gasteiger partial charge < -0.3 is 5.32 Å². The van der Waals surface area contributed by atoms with Gasteiger partial charge in [-0.2, -0.15) is 5.10 Å². The van der Waals surface area contributed by atoms with Gasteiger partial charge in [-0.3, -0.25) is 9.89 Å². The lowest BCUT2D eigenvalue weighted by Crippen LogP contribution is -2.14. The van der Waals surface area contributed by atoms with Crippen molar-refractivity contribution in [3.8, 4) is 0 Å². The fraction of sp³-hybridized carbons (Fsp3) is 0.0909. The summed E-state index contributed by atoms with van der Waals surface area (Å²) >= 11 is 2.99. The van der Waals surface area contributed by atoms with E-state index < -0.39 is 17.5 Å². The number of aromatic nitrogens is 2. The number of halogens is 3. The zero-order chi connectivity index (χ0) is 13.3. The molecular weight excluding hydrogens is 308 g/mol. The van der Waals surface area contributed by atoms with Crippen LogP contribution >= 0.6 is 15.9 Å². The highest BCUT2D eigenvalue weighted by Gasteiger charge is 2.16. The highest BCUT2D eigenvalue weighted by atomic mass is 79.9. The lowest BCUT2D eigenvalue weighted by Gasteiger charge is -2.08. The maximum atomic E-state index is 13.5. The van der Waals surface area contributed by atoms with Crippen LogP contribution in [0, 0.1) is 18.6 Å². The van der Waals surface area contributed by atoms with Crippen LogP contribution in [0.5, 0.6) is 0 Å². The molecule has 94 valence electrons. The minimum atomic E-state index is -0.851. The van der Waals surface area contributed by atoms with Crippen LogP contribution in [-0.4, -0.2) is 16.1 Å². The third-order valence-corrected chi connectivity index (χ3v) is 2.95. The molecule has 2 rings (SSSR count). The van der Waals surface area contributed by atoms with Gasteiger partial charge in [0, 0.05) is 16.2 Å². The molecular formula is C11H8BrF2N3O. The lowest BCUT2D eigenvalue weighted by molar-refractivity contribution is 0.102. The van der Waals surface area contributed by atoms with E-state index >= 15 is 0 Å². The number of H-pyrrole nitrogens is 1. The maximum Gasteiger partial charge on any atom is 0.259 e. The quantitative estimate of drug-likeness (QED) is 0.895. The third kappa shape index (κ3) is 2.40. The van der Waals surface area contributed by atoms with Crippen molar-refractivity contribution >= 4 is 27.5 Å². The van der Waals surface area contributed by atoms with Gasteiger partial charge in [-0.05, 0) is 28.9 Å². The predicted molar refractivity (Wildman–Crippen MR) is 65.3 cm³/mol. The lowest BCUT2D eigenvalue weighted by atomic mass is 10.2. The largest absolute Gasteiger partial charge is 0.318 e. The molecule has 0 bridgehead atoms. The van der Waals surface area contributed by atoms with E-state index in [4.69, 9.17) is 0 Å². The molecule has 0 unspecified atom stereocenters. The van der Waals surface area contributed by atoms with E-state index in [-0.39, 0.29) is 10.2 Å². The summed E-state index contributed by atoms with van der Waals surface area (Å²) in [5.74, 6) is -2.10. The molecule has 0 fully saturated rings. The number of amides is 1. The summed E-state index contributed by atoms with van der Waals surface area (Å²) in [6, 6.07) is 1.77. The molecule has 18 heavy (non-hydrogen) atoms. The number of nitrogens with one attached hydrogen (secondary N) is 2. The molecule has 2 N–H and O–H groups in total. The van der Waals surface area contributed by atoms with E-state index in [0.717, 1.165) is 6.07 Å². The van der Waals surface area contributed by atoms with E-state index in [1.165, 1.54) is 6.20 Å². The van der Waals surface area contributed by atoms with Gasteiger partial charge in [-0.1, -0.05) is 0 Å². The van der Waals surface area contributed by atoms with E-state index in [0.29, 0.717) is 17.3 Å². The number of hydrogen-bond donors (Lipinski definition) is 2. The van der Waals surface area contributed by atoms with Gasteiger partial charge in [0.1, 0.15) is 5.82 Å². The Morgan fingerprint density at radius 3 is 2.72 bits per heavy atom. The molecule has 0 saturated heterocycles. The van der Waals surface area contributed by atoms with Crippen molar-refractivity contribution in [3.63, 3.8) is 0 Å². The fourth-order valence-electron chi connectivity index (χ4n) is 1.42. The highest BCUT2D eigenvalue weighted by molar-refractivity contribution is 9.10. The fourth-order valence-corrected chi connectivity index (χ4v) is 1.93. The van der Waals surface area contributed by atoms with Crippen molar-refractivity contribution in [2.45, 2.75) is 6.92 Å². The molecule has 0 spiro atoms. The van der Waals surface area contributed by atoms with Crippen LogP contribution in [0.4, 0.5) is 14.5 Å². The molecule has 0 aliphatic rings. The van der Waals surface area contributed by atoms with Crippen molar-refractivity contribution in [3.05, 3.63) is 45.7 Å². The minimum Gasteiger partial charge on any atom is -0.318 e. The number of carbonyl (C=O) groups is 1. The van der Waals surface area contributed by atoms with E-state index in [1.807, 2.05) is 0 Å². The average Bonchev–Trinajstić information content (AvgIpc) is 2.69. The smallest absolute Gasteiger partial charge is 0.259 e. The number of benzene rings is 1. The molecule has 7 heteroatoms. The molecule has 0 aliphatic carbocycles. The monoisotopic (exact) mass is 315 g/mol. The normalized spacial score (nSPS) is 10.4. The number of rotatable bonds is 2. The number of aryl methyl sites for hydroxylation is 1. The second-order valence-corrected chi connectivity index (χ2v) is 4.46. The first kappa shape index (κ1) is 12.7. The van der Waals surface area contributed by atoms with Crippen LogP contribution in [0.1, 0.15) is 16.1 Å². The second kappa shape index (κ2) is 4.85. The molecule has 1 aromatic heterocycles. The van der Waals surface area contributed by atoms with Crippen LogP contribution in [0.25, 0.3) is 0 Å². The van der Waals surface area contributed by atoms with Gasteiger partial charge in [0.25, 0.3) is 5.91 Å². The standard InChI is InChI=1S/C11H8BrF2N3O/c1-5-7(4-15-17-5)11(18)16-10-8(12)2-6(13)3-9(10)14/h2-4H,1H3,(H,15,17)(H,16,18). The number of nitrogens with zero attached hydrogens (tertiary/aromatic N) is 1. The van der Waals surface area contributed by atoms with E-state index in [9.17, 15) is 13.6 Å². The van der Waals surface area contributed by atoms with Crippen molar-refractivity contribution in [2.24, 2.45) is 0 Å². The number of hydrogen-bond acceptors (Lipinski definition) is 2.